The summed E-state index contributed by atoms with van der Waals surface area (Å²) in [5, 5.41) is 9.08. The molecule has 0 aliphatic carbocycles. The molecule has 8 rings (SSSR count). The molecule has 2 aromatic carbocycles. The highest BCUT2D eigenvalue weighted by Crippen LogP contribution is 2.41. The van der Waals surface area contributed by atoms with Gasteiger partial charge in [0.2, 0.25) is 5.69 Å². The highest BCUT2D eigenvalue weighted by molar-refractivity contribution is 7.00. The summed E-state index contributed by atoms with van der Waals surface area (Å²) in [5.74, 6) is 1.45. The van der Waals surface area contributed by atoms with Gasteiger partial charge >= 0.3 is 0 Å². The molecule has 7 heteroatoms. The number of nitrogens with one attached hydrogen (secondary N) is 2. The van der Waals surface area contributed by atoms with Crippen LogP contribution >= 0.6 is 0 Å². The Morgan fingerprint density at radius 2 is 1.74 bits per heavy atom. The topological polar surface area (TPSA) is 67.4 Å². The molecule has 2 aliphatic heterocycles. The molecule has 2 N–H and O–H groups in total. The van der Waals surface area contributed by atoms with E-state index in [1.165, 1.54) is 5.56 Å². The third-order valence-electron chi connectivity index (χ3n) is 7.28. The summed E-state index contributed by atoms with van der Waals surface area (Å²) in [5.41, 5.74) is 10.5. The lowest BCUT2D eigenvalue weighted by molar-refractivity contribution is -0.660. The number of nitrogens with zero attached hydrogens (tertiary/aromatic N) is 1. The Hall–Kier alpha value is -4.39. The molecule has 0 amide bonds. The van der Waals surface area contributed by atoms with Crippen LogP contribution in [0.2, 0.25) is 0 Å². The first-order valence-electron chi connectivity index (χ1n) is 11.4. The molecule has 0 saturated heterocycles. The van der Waals surface area contributed by atoms with E-state index in [0.29, 0.717) is 0 Å². The van der Waals surface area contributed by atoms with Gasteiger partial charge in [-0.15, -0.1) is 0 Å². The Morgan fingerprint density at radius 3 is 2.65 bits per heavy atom. The zero-order valence-corrected chi connectivity index (χ0v) is 18.6. The molecule has 6 aromatic rings. The molecule has 0 fully saturated rings. The van der Waals surface area contributed by atoms with Crippen LogP contribution in [0.1, 0.15) is 5.56 Å². The number of pyridine rings is 1. The number of benzene rings is 2. The molecule has 0 spiro atoms. The lowest BCUT2D eigenvalue weighted by atomic mass is 9.35. The zero-order chi connectivity index (χ0) is 22.6. The lowest BCUT2D eigenvalue weighted by Crippen LogP contribution is -2.57. The highest BCUT2D eigenvalue weighted by Gasteiger charge is 2.42. The lowest BCUT2D eigenvalue weighted by Gasteiger charge is -2.27. The molecule has 6 nitrogen and oxygen atoms in total. The van der Waals surface area contributed by atoms with Crippen LogP contribution in [-0.2, 0) is 7.05 Å². The van der Waals surface area contributed by atoms with Crippen LogP contribution < -0.4 is 31.6 Å². The Morgan fingerprint density at radius 1 is 0.853 bits per heavy atom. The van der Waals surface area contributed by atoms with Crippen LogP contribution in [-0.4, -0.2) is 6.71 Å². The standard InChI is InChI=1S/C27H19BN3O3/c1-14-6-7-15-16-8-9-17-23(25(16)34-24(15)21(14)20-5-3-4-11-31(20)2)29-19-13-33-27-22(19)28(17)18-10-12-32-26(18)30-27/h3-13,29-30H,1-2H3/q+1. The number of rotatable bonds is 1. The van der Waals surface area contributed by atoms with Crippen LogP contribution in [0, 0.1) is 6.92 Å². The Labute approximate surface area is 194 Å². The van der Waals surface area contributed by atoms with Crippen molar-refractivity contribution in [1.29, 1.82) is 0 Å². The zero-order valence-electron chi connectivity index (χ0n) is 18.6. The molecule has 0 bridgehead atoms. The molecular weight excluding hydrogens is 425 g/mol. The first-order chi connectivity index (χ1) is 16.7. The van der Waals surface area contributed by atoms with Crippen LogP contribution in [0.3, 0.4) is 0 Å². The van der Waals surface area contributed by atoms with Crippen molar-refractivity contribution in [2.24, 2.45) is 7.05 Å². The van der Waals surface area contributed by atoms with Gasteiger partial charge in [0.1, 0.15) is 18.9 Å². The normalized spacial score (nSPS) is 13.4. The van der Waals surface area contributed by atoms with E-state index < -0.39 is 0 Å². The molecule has 0 saturated carbocycles. The maximum Gasteiger partial charge on any atom is 0.261 e. The minimum absolute atomic E-state index is 0.0146. The molecule has 0 radical (unpaired) electrons. The van der Waals surface area contributed by atoms with Gasteiger partial charge in [-0.05, 0) is 35.5 Å². The molecule has 0 atom stereocenters. The quantitative estimate of drug-likeness (QED) is 0.294. The minimum Gasteiger partial charge on any atom is -0.453 e. The molecule has 0 unspecified atom stereocenters. The number of anilines is 4. The van der Waals surface area contributed by atoms with Gasteiger partial charge in [-0.2, -0.15) is 0 Å². The van der Waals surface area contributed by atoms with Crippen LogP contribution in [0.15, 0.2) is 80.5 Å². The van der Waals surface area contributed by atoms with E-state index in [4.69, 9.17) is 13.3 Å². The van der Waals surface area contributed by atoms with E-state index in [2.05, 4.69) is 71.8 Å². The summed E-state index contributed by atoms with van der Waals surface area (Å²) in [6.07, 6.45) is 5.55. The molecule has 34 heavy (non-hydrogen) atoms. The summed E-state index contributed by atoms with van der Waals surface area (Å²) in [6, 6.07) is 17.0. The van der Waals surface area contributed by atoms with Gasteiger partial charge < -0.3 is 18.6 Å². The smallest absolute Gasteiger partial charge is 0.261 e. The monoisotopic (exact) mass is 444 g/mol. The number of hydrogen-bond donors (Lipinski definition) is 2. The molecule has 6 heterocycles. The SMILES string of the molecule is Cc1ccc2c(oc3c4c(ccc32)B2c3ccoc3Nc3occ(c32)N4)c1-c1cccc[n+]1C. The molecule has 162 valence electrons. The summed E-state index contributed by atoms with van der Waals surface area (Å²) in [4.78, 5) is 0. The van der Waals surface area contributed by atoms with Crippen molar-refractivity contribution in [1.82, 2.24) is 0 Å². The van der Waals surface area contributed by atoms with Crippen LogP contribution in [0.4, 0.5) is 23.1 Å². The minimum atomic E-state index is 0.0146. The Kier molecular flexibility index (Phi) is 3.27. The number of aryl methyl sites for hydroxylation is 2. The second-order valence-corrected chi connectivity index (χ2v) is 9.12. The van der Waals surface area contributed by atoms with Crippen molar-refractivity contribution in [2.45, 2.75) is 6.92 Å². The summed E-state index contributed by atoms with van der Waals surface area (Å²) >= 11 is 0. The van der Waals surface area contributed by atoms with Gasteiger partial charge in [-0.1, -0.05) is 24.3 Å². The van der Waals surface area contributed by atoms with Gasteiger partial charge in [0.25, 0.3) is 6.71 Å². The van der Waals surface area contributed by atoms with Gasteiger partial charge in [0, 0.05) is 28.4 Å². The van der Waals surface area contributed by atoms with E-state index in [9.17, 15) is 0 Å². The molecule has 4 aromatic heterocycles. The largest absolute Gasteiger partial charge is 0.453 e. The predicted molar refractivity (Wildman–Crippen MR) is 134 cm³/mol. The van der Waals surface area contributed by atoms with E-state index >= 15 is 0 Å². The van der Waals surface area contributed by atoms with Gasteiger partial charge in [0.15, 0.2) is 23.5 Å². The first kappa shape index (κ1) is 18.1. The van der Waals surface area contributed by atoms with E-state index in [1.807, 2.05) is 12.1 Å². The number of furan rings is 3. The van der Waals surface area contributed by atoms with Crippen LogP contribution in [0.25, 0.3) is 33.2 Å². The van der Waals surface area contributed by atoms with Crippen molar-refractivity contribution in [3.8, 4) is 11.3 Å². The fourth-order valence-corrected chi connectivity index (χ4v) is 5.70. The Bertz CT molecular complexity index is 1810. The van der Waals surface area contributed by atoms with Crippen molar-refractivity contribution < 1.29 is 17.8 Å². The maximum atomic E-state index is 6.73. The van der Waals surface area contributed by atoms with E-state index in [-0.39, 0.29) is 6.71 Å². The number of hydrogen-bond acceptors (Lipinski definition) is 5. The van der Waals surface area contributed by atoms with E-state index in [0.717, 1.165) is 72.7 Å². The highest BCUT2D eigenvalue weighted by atomic mass is 16.4. The number of fused-ring (bicyclic) bond motifs is 8. The molecular formula is C27H19BN3O3+. The average Bonchev–Trinajstić information content (AvgIpc) is 3.57. The first-order valence-corrected chi connectivity index (χ1v) is 11.4. The van der Waals surface area contributed by atoms with Gasteiger partial charge in [-0.3, -0.25) is 5.32 Å². The number of aromatic nitrogens is 1. The summed E-state index contributed by atoms with van der Waals surface area (Å²) in [7, 11) is 2.07. The second kappa shape index (κ2) is 6.14. The van der Waals surface area contributed by atoms with E-state index in [1.54, 1.807) is 12.5 Å². The Balaban J connectivity index is 1.44. The fourth-order valence-electron chi connectivity index (χ4n) is 5.70. The third kappa shape index (κ3) is 2.14. The van der Waals surface area contributed by atoms with Crippen molar-refractivity contribution in [2.75, 3.05) is 10.6 Å². The molecule has 2 aliphatic rings. The van der Waals surface area contributed by atoms with Crippen molar-refractivity contribution in [3.63, 3.8) is 0 Å². The fraction of sp³-hybridized carbons (Fsp3) is 0.0741. The van der Waals surface area contributed by atoms with Crippen LogP contribution in [0.5, 0.6) is 0 Å². The van der Waals surface area contributed by atoms with Gasteiger partial charge in [0.05, 0.1) is 23.2 Å². The predicted octanol–water partition coefficient (Wildman–Crippen LogP) is 4.20. The maximum absolute atomic E-state index is 6.73. The van der Waals surface area contributed by atoms with Crippen molar-refractivity contribution in [3.05, 3.63) is 72.8 Å². The van der Waals surface area contributed by atoms with Gasteiger partial charge in [-0.25, -0.2) is 4.57 Å². The third-order valence-corrected chi connectivity index (χ3v) is 7.28. The second-order valence-electron chi connectivity index (χ2n) is 9.12. The van der Waals surface area contributed by atoms with Crippen molar-refractivity contribution >= 4 is 68.2 Å². The summed E-state index contributed by atoms with van der Waals surface area (Å²) < 4.78 is 20.4. The average molecular weight is 444 g/mol. The summed E-state index contributed by atoms with van der Waals surface area (Å²) in [6.45, 7) is 2.15.